The zero-order chi connectivity index (χ0) is 22.0. The van der Waals surface area contributed by atoms with Gasteiger partial charge in [-0.2, -0.15) is 0 Å². The molecule has 0 spiro atoms. The van der Waals surface area contributed by atoms with Gasteiger partial charge in [0, 0.05) is 64.5 Å². The van der Waals surface area contributed by atoms with Gasteiger partial charge in [0.15, 0.2) is 0 Å². The molecular weight excluding hydrogens is 404 g/mol. The Morgan fingerprint density at radius 2 is 1.48 bits per heavy atom. The van der Waals surface area contributed by atoms with Crippen molar-refractivity contribution in [3.05, 3.63) is 41.7 Å². The topological polar surface area (TPSA) is 67.8 Å². The van der Waals surface area contributed by atoms with Crippen LogP contribution < -0.4 is 15.1 Å². The van der Waals surface area contributed by atoms with Crippen LogP contribution in [0.15, 0.2) is 24.3 Å². The summed E-state index contributed by atoms with van der Waals surface area (Å²) in [6.45, 7) is 7.92. The number of hydrogen-bond acceptors (Lipinski definition) is 6. The van der Waals surface area contributed by atoms with E-state index in [0.29, 0.717) is 26.2 Å². The minimum atomic E-state index is -0.792. The van der Waals surface area contributed by atoms with Crippen LogP contribution in [0.1, 0.15) is 5.82 Å². The van der Waals surface area contributed by atoms with Crippen LogP contribution in [0.4, 0.5) is 30.9 Å². The fourth-order valence-electron chi connectivity index (χ4n) is 3.82. The molecule has 166 valence electrons. The molecule has 10 heteroatoms. The van der Waals surface area contributed by atoms with E-state index in [1.807, 2.05) is 13.0 Å². The van der Waals surface area contributed by atoms with Crippen molar-refractivity contribution in [3.63, 3.8) is 0 Å². The predicted molar refractivity (Wildman–Crippen MR) is 116 cm³/mol. The molecule has 2 aliphatic heterocycles. The number of benzene rings is 1. The summed E-state index contributed by atoms with van der Waals surface area (Å²) in [6.07, 6.45) is 0. The van der Waals surface area contributed by atoms with Crippen LogP contribution >= 0.6 is 0 Å². The Bertz CT molecular complexity index is 941. The van der Waals surface area contributed by atoms with Gasteiger partial charge in [0.1, 0.15) is 29.1 Å². The Kier molecular flexibility index (Phi) is 6.17. The number of nitrogens with one attached hydrogen (secondary N) is 1. The van der Waals surface area contributed by atoms with Crippen LogP contribution in [-0.2, 0) is 0 Å². The SMILES string of the molecule is Cc1nc(N2CCN(C)CC2)cc(N2CCN(C(=O)Nc3ccc(F)cc3F)CC2)n1. The smallest absolute Gasteiger partial charge is 0.322 e. The van der Waals surface area contributed by atoms with Crippen molar-refractivity contribution >= 4 is 23.4 Å². The second kappa shape index (κ2) is 9.01. The van der Waals surface area contributed by atoms with Crippen molar-refractivity contribution in [2.75, 3.05) is 74.5 Å². The molecule has 3 heterocycles. The highest BCUT2D eigenvalue weighted by atomic mass is 19.1. The number of halogens is 2. The standard InChI is InChI=1S/C21H27F2N7O/c1-15-24-19(28-7-5-27(2)6-8-28)14-20(25-15)29-9-11-30(12-10-29)21(31)26-18-4-3-16(22)13-17(18)23/h3-4,13-14H,5-12H2,1-2H3,(H,26,31). The number of amides is 2. The summed E-state index contributed by atoms with van der Waals surface area (Å²) < 4.78 is 26.9. The van der Waals surface area contributed by atoms with E-state index in [1.165, 1.54) is 6.07 Å². The van der Waals surface area contributed by atoms with Gasteiger partial charge in [-0.05, 0) is 26.1 Å². The number of carbonyl (C=O) groups excluding carboxylic acids is 1. The Hall–Kier alpha value is -3.01. The molecule has 0 bridgehead atoms. The van der Waals surface area contributed by atoms with Crippen LogP contribution in [0.2, 0.25) is 0 Å². The maximum atomic E-state index is 13.8. The van der Waals surface area contributed by atoms with E-state index < -0.39 is 17.7 Å². The minimum Gasteiger partial charge on any atom is -0.354 e. The molecule has 1 N–H and O–H groups in total. The number of rotatable bonds is 3. The summed E-state index contributed by atoms with van der Waals surface area (Å²) >= 11 is 0. The lowest BCUT2D eigenvalue weighted by Gasteiger charge is -2.36. The number of aromatic nitrogens is 2. The lowest BCUT2D eigenvalue weighted by Crippen LogP contribution is -2.50. The molecule has 2 amide bonds. The third kappa shape index (κ3) is 5.01. The van der Waals surface area contributed by atoms with Crippen molar-refractivity contribution < 1.29 is 13.6 Å². The van der Waals surface area contributed by atoms with Crippen LogP contribution in [0.3, 0.4) is 0 Å². The number of aryl methyl sites for hydroxylation is 1. The molecule has 2 fully saturated rings. The molecule has 31 heavy (non-hydrogen) atoms. The zero-order valence-corrected chi connectivity index (χ0v) is 17.8. The van der Waals surface area contributed by atoms with E-state index in [-0.39, 0.29) is 5.69 Å². The number of urea groups is 1. The number of piperazine rings is 2. The number of carbonyl (C=O) groups is 1. The summed E-state index contributed by atoms with van der Waals surface area (Å²) in [5, 5.41) is 2.52. The maximum absolute atomic E-state index is 13.8. The van der Waals surface area contributed by atoms with Gasteiger partial charge in [-0.15, -0.1) is 0 Å². The van der Waals surface area contributed by atoms with Gasteiger partial charge in [0.05, 0.1) is 5.69 Å². The first-order valence-electron chi connectivity index (χ1n) is 10.4. The van der Waals surface area contributed by atoms with Gasteiger partial charge in [-0.3, -0.25) is 0 Å². The number of hydrogen-bond donors (Lipinski definition) is 1. The Morgan fingerprint density at radius 1 is 0.903 bits per heavy atom. The van der Waals surface area contributed by atoms with Crippen LogP contribution in [0.5, 0.6) is 0 Å². The summed E-state index contributed by atoms with van der Waals surface area (Å²) in [6, 6.07) is 4.71. The van der Waals surface area contributed by atoms with Gasteiger partial charge in [0.2, 0.25) is 0 Å². The van der Waals surface area contributed by atoms with E-state index in [9.17, 15) is 13.6 Å². The van der Waals surface area contributed by atoms with Gasteiger partial charge in [-0.25, -0.2) is 23.5 Å². The van der Waals surface area contributed by atoms with Gasteiger partial charge < -0.3 is 24.9 Å². The highest BCUT2D eigenvalue weighted by Gasteiger charge is 2.24. The number of anilines is 3. The molecule has 2 aliphatic rings. The van der Waals surface area contributed by atoms with Crippen LogP contribution in [-0.4, -0.2) is 85.2 Å². The third-order valence-corrected chi connectivity index (χ3v) is 5.70. The third-order valence-electron chi connectivity index (χ3n) is 5.70. The van der Waals surface area contributed by atoms with Gasteiger partial charge >= 0.3 is 6.03 Å². The predicted octanol–water partition coefficient (Wildman–Crippen LogP) is 2.17. The van der Waals surface area contributed by atoms with E-state index in [1.54, 1.807) is 4.90 Å². The van der Waals surface area contributed by atoms with Crippen molar-refractivity contribution in [1.29, 1.82) is 0 Å². The molecule has 0 atom stereocenters. The lowest BCUT2D eigenvalue weighted by molar-refractivity contribution is 0.208. The molecule has 0 unspecified atom stereocenters. The highest BCUT2D eigenvalue weighted by Crippen LogP contribution is 2.22. The quantitative estimate of drug-likeness (QED) is 0.804. The van der Waals surface area contributed by atoms with E-state index in [2.05, 4.69) is 37.0 Å². The summed E-state index contributed by atoms with van der Waals surface area (Å²) in [7, 11) is 2.12. The van der Waals surface area contributed by atoms with Gasteiger partial charge in [0.25, 0.3) is 0 Å². The fraction of sp³-hybridized carbons (Fsp3) is 0.476. The number of nitrogens with zero attached hydrogens (tertiary/aromatic N) is 6. The van der Waals surface area contributed by atoms with Crippen molar-refractivity contribution in [1.82, 2.24) is 19.8 Å². The maximum Gasteiger partial charge on any atom is 0.322 e. The van der Waals surface area contributed by atoms with E-state index in [4.69, 9.17) is 0 Å². The molecule has 2 saturated heterocycles. The molecule has 0 radical (unpaired) electrons. The first kappa shape index (κ1) is 21.2. The molecule has 1 aromatic carbocycles. The molecule has 2 aromatic rings. The average molecular weight is 431 g/mol. The second-order valence-corrected chi connectivity index (χ2v) is 7.95. The molecule has 1 aromatic heterocycles. The molecule has 0 aliphatic carbocycles. The monoisotopic (exact) mass is 431 g/mol. The molecular formula is C21H27F2N7O. The first-order chi connectivity index (χ1) is 14.9. The Labute approximate surface area is 180 Å². The molecule has 8 nitrogen and oxygen atoms in total. The Morgan fingerprint density at radius 3 is 2.06 bits per heavy atom. The minimum absolute atomic E-state index is 0.0305. The van der Waals surface area contributed by atoms with Crippen LogP contribution in [0.25, 0.3) is 0 Å². The average Bonchev–Trinajstić information content (AvgIpc) is 2.76. The largest absolute Gasteiger partial charge is 0.354 e. The first-order valence-corrected chi connectivity index (χ1v) is 10.4. The fourth-order valence-corrected chi connectivity index (χ4v) is 3.82. The number of likely N-dealkylation sites (N-methyl/N-ethyl adjacent to an activating group) is 1. The summed E-state index contributed by atoms with van der Waals surface area (Å²) in [5.41, 5.74) is -0.0305. The van der Waals surface area contributed by atoms with Crippen molar-refractivity contribution in [2.45, 2.75) is 6.92 Å². The summed E-state index contributed by atoms with van der Waals surface area (Å²) in [4.78, 5) is 30.0. The summed E-state index contributed by atoms with van der Waals surface area (Å²) in [5.74, 6) is 1.03. The van der Waals surface area contributed by atoms with Crippen molar-refractivity contribution in [2.24, 2.45) is 0 Å². The molecule has 0 saturated carbocycles. The zero-order valence-electron chi connectivity index (χ0n) is 17.8. The van der Waals surface area contributed by atoms with E-state index in [0.717, 1.165) is 55.8 Å². The van der Waals surface area contributed by atoms with E-state index >= 15 is 0 Å². The lowest BCUT2D eigenvalue weighted by atomic mass is 10.3. The second-order valence-electron chi connectivity index (χ2n) is 7.95. The Balaban J connectivity index is 1.37. The van der Waals surface area contributed by atoms with Crippen molar-refractivity contribution in [3.8, 4) is 0 Å². The molecule has 4 rings (SSSR count). The highest BCUT2D eigenvalue weighted by molar-refractivity contribution is 5.89. The van der Waals surface area contributed by atoms with Gasteiger partial charge in [-0.1, -0.05) is 0 Å². The van der Waals surface area contributed by atoms with Crippen LogP contribution in [0, 0.1) is 18.6 Å². The normalized spacial score (nSPS) is 17.7.